The van der Waals surface area contributed by atoms with Gasteiger partial charge in [-0.15, -0.1) is 0 Å². The second-order valence-electron chi connectivity index (χ2n) is 14.3. The molecule has 2 nitrogen and oxygen atoms in total. The summed E-state index contributed by atoms with van der Waals surface area (Å²) in [5, 5.41) is 21.3. The summed E-state index contributed by atoms with van der Waals surface area (Å²) in [6.45, 7) is 14.8. The van der Waals surface area contributed by atoms with Crippen molar-refractivity contribution in [2.24, 2.45) is 50.7 Å². The van der Waals surface area contributed by atoms with Crippen LogP contribution in [-0.4, -0.2) is 22.9 Å². The molecule has 182 valence electrons. The average molecular weight is 443 g/mol. The molecule has 32 heavy (non-hydrogen) atoms. The Balaban J connectivity index is 1.42. The Morgan fingerprint density at radius 3 is 2.25 bits per heavy atom. The van der Waals surface area contributed by atoms with E-state index >= 15 is 0 Å². The van der Waals surface area contributed by atoms with Gasteiger partial charge in [0, 0.05) is 6.61 Å². The van der Waals surface area contributed by atoms with Crippen LogP contribution >= 0.6 is 0 Å². The van der Waals surface area contributed by atoms with Crippen molar-refractivity contribution in [3.05, 3.63) is 11.6 Å². The molecule has 0 aromatic heterocycles. The molecule has 0 bridgehead atoms. The van der Waals surface area contributed by atoms with Crippen molar-refractivity contribution < 1.29 is 10.2 Å². The summed E-state index contributed by atoms with van der Waals surface area (Å²) < 4.78 is 0. The maximum Gasteiger partial charge on any atom is 0.0594 e. The van der Waals surface area contributed by atoms with Crippen molar-refractivity contribution in [3.8, 4) is 0 Å². The molecule has 2 heteroatoms. The van der Waals surface area contributed by atoms with Crippen LogP contribution in [-0.2, 0) is 0 Å². The molecule has 2 N–H and O–H groups in total. The molecule has 0 aromatic carbocycles. The van der Waals surface area contributed by atoms with Gasteiger partial charge in [-0.25, -0.2) is 0 Å². The minimum absolute atomic E-state index is 0.0828. The summed E-state index contributed by atoms with van der Waals surface area (Å²) >= 11 is 0. The third-order valence-electron chi connectivity index (χ3n) is 13.0. The van der Waals surface area contributed by atoms with E-state index in [1.807, 2.05) is 0 Å². The molecule has 0 heterocycles. The molecular formula is C30H50O2. The second kappa shape index (κ2) is 7.33. The first kappa shape index (κ1) is 23.4. The summed E-state index contributed by atoms with van der Waals surface area (Å²) in [5.74, 6) is 2.71. The smallest absolute Gasteiger partial charge is 0.0594 e. The van der Waals surface area contributed by atoms with Gasteiger partial charge in [0.05, 0.1) is 6.10 Å². The van der Waals surface area contributed by atoms with Gasteiger partial charge in [0.2, 0.25) is 0 Å². The highest BCUT2D eigenvalue weighted by atomic mass is 16.3. The molecule has 5 aliphatic carbocycles. The Morgan fingerprint density at radius 2 is 1.56 bits per heavy atom. The highest BCUT2D eigenvalue weighted by Crippen LogP contribution is 2.89. The van der Waals surface area contributed by atoms with Crippen molar-refractivity contribution in [1.29, 1.82) is 0 Å². The van der Waals surface area contributed by atoms with Crippen molar-refractivity contribution in [2.75, 3.05) is 6.61 Å². The lowest BCUT2D eigenvalue weighted by molar-refractivity contribution is -0.162. The number of aliphatic hydroxyl groups is 2. The lowest BCUT2D eigenvalue weighted by atomic mass is 9.41. The van der Waals surface area contributed by atoms with Crippen LogP contribution in [0.5, 0.6) is 0 Å². The van der Waals surface area contributed by atoms with E-state index < -0.39 is 0 Å². The van der Waals surface area contributed by atoms with E-state index in [-0.39, 0.29) is 11.5 Å². The Kier molecular flexibility index (Phi) is 5.36. The molecule has 9 atom stereocenters. The van der Waals surface area contributed by atoms with Crippen molar-refractivity contribution >= 4 is 0 Å². The van der Waals surface area contributed by atoms with Gasteiger partial charge in [-0.05, 0) is 135 Å². The molecule has 9 unspecified atom stereocenters. The SMILES string of the molecule is CC(C)=CCCC(CO)C1CCC2(C)C3CCC4C(C)(C)C(O)CCC45CC35CCC12C. The minimum atomic E-state index is -0.112. The fraction of sp³-hybridized carbons (Fsp3) is 0.933. The molecule has 0 aromatic rings. The number of allylic oxidation sites excluding steroid dienone is 2. The summed E-state index contributed by atoms with van der Waals surface area (Å²) in [6, 6.07) is 0. The third kappa shape index (κ3) is 2.78. The number of rotatable bonds is 5. The highest BCUT2D eigenvalue weighted by molar-refractivity contribution is 5.30. The van der Waals surface area contributed by atoms with Crippen molar-refractivity contribution in [2.45, 2.75) is 118 Å². The lowest BCUT2D eigenvalue weighted by Crippen LogP contribution is -2.57. The molecule has 5 fully saturated rings. The van der Waals surface area contributed by atoms with Gasteiger partial charge in [-0.2, -0.15) is 0 Å². The Bertz CT molecular complexity index is 780. The van der Waals surface area contributed by atoms with E-state index in [4.69, 9.17) is 0 Å². The van der Waals surface area contributed by atoms with Crippen LogP contribution in [0.2, 0.25) is 0 Å². The van der Waals surface area contributed by atoms with E-state index in [1.165, 1.54) is 56.9 Å². The normalized spacial score (nSPS) is 51.6. The van der Waals surface area contributed by atoms with E-state index in [1.54, 1.807) is 0 Å². The molecule has 0 amide bonds. The maximum atomic E-state index is 10.8. The molecular weight excluding hydrogens is 392 g/mol. The van der Waals surface area contributed by atoms with Gasteiger partial charge in [0.15, 0.2) is 0 Å². The molecule has 0 saturated heterocycles. The van der Waals surface area contributed by atoms with Crippen LogP contribution in [0.1, 0.15) is 112 Å². The third-order valence-corrected chi connectivity index (χ3v) is 13.0. The Hall–Kier alpha value is -0.340. The fourth-order valence-electron chi connectivity index (χ4n) is 11.1. The zero-order valence-electron chi connectivity index (χ0n) is 21.8. The van der Waals surface area contributed by atoms with E-state index in [0.717, 1.165) is 31.1 Å². The number of fused-ring (bicyclic) bond motifs is 2. The van der Waals surface area contributed by atoms with Crippen molar-refractivity contribution in [3.63, 3.8) is 0 Å². The predicted molar refractivity (Wildman–Crippen MR) is 132 cm³/mol. The average Bonchev–Trinajstić information content (AvgIpc) is 3.32. The van der Waals surface area contributed by atoms with Crippen molar-refractivity contribution in [1.82, 2.24) is 0 Å². The van der Waals surface area contributed by atoms with Gasteiger partial charge in [-0.1, -0.05) is 39.3 Å². The lowest BCUT2D eigenvalue weighted by Gasteiger charge is -2.63. The Morgan fingerprint density at radius 1 is 0.875 bits per heavy atom. The minimum Gasteiger partial charge on any atom is -0.396 e. The van der Waals surface area contributed by atoms with E-state index in [0.29, 0.717) is 40.1 Å². The first-order valence-electron chi connectivity index (χ1n) is 13.9. The molecule has 2 spiro atoms. The monoisotopic (exact) mass is 442 g/mol. The van der Waals surface area contributed by atoms with Gasteiger partial charge < -0.3 is 10.2 Å². The van der Waals surface area contributed by atoms with Gasteiger partial charge in [-0.3, -0.25) is 0 Å². The fourth-order valence-corrected chi connectivity index (χ4v) is 11.1. The van der Waals surface area contributed by atoms with Crippen LogP contribution < -0.4 is 0 Å². The van der Waals surface area contributed by atoms with E-state index in [2.05, 4.69) is 47.6 Å². The second-order valence-corrected chi connectivity index (χ2v) is 14.3. The highest BCUT2D eigenvalue weighted by Gasteiger charge is 2.82. The van der Waals surface area contributed by atoms with Crippen LogP contribution in [0.15, 0.2) is 11.6 Å². The molecule has 0 radical (unpaired) electrons. The zero-order chi connectivity index (χ0) is 23.2. The van der Waals surface area contributed by atoms with Crippen LogP contribution in [0.25, 0.3) is 0 Å². The van der Waals surface area contributed by atoms with Crippen LogP contribution in [0.4, 0.5) is 0 Å². The summed E-state index contributed by atoms with van der Waals surface area (Å²) in [4.78, 5) is 0. The molecule has 5 saturated carbocycles. The quantitative estimate of drug-likeness (QED) is 0.444. The predicted octanol–water partition coefficient (Wildman–Crippen LogP) is 7.14. The number of aliphatic hydroxyl groups excluding tert-OH is 2. The van der Waals surface area contributed by atoms with Crippen LogP contribution in [0, 0.1) is 50.7 Å². The first-order valence-corrected chi connectivity index (χ1v) is 13.9. The van der Waals surface area contributed by atoms with Crippen LogP contribution in [0.3, 0.4) is 0 Å². The summed E-state index contributed by atoms with van der Waals surface area (Å²) in [7, 11) is 0. The van der Waals surface area contributed by atoms with Gasteiger partial charge >= 0.3 is 0 Å². The first-order chi connectivity index (χ1) is 15.0. The number of hydrogen-bond acceptors (Lipinski definition) is 2. The molecule has 0 aliphatic heterocycles. The summed E-state index contributed by atoms with van der Waals surface area (Å²) in [5.41, 5.74) is 3.38. The zero-order valence-corrected chi connectivity index (χ0v) is 21.8. The summed E-state index contributed by atoms with van der Waals surface area (Å²) in [6.07, 6.45) is 16.4. The van der Waals surface area contributed by atoms with Gasteiger partial charge in [0.1, 0.15) is 0 Å². The standard InChI is InChI=1S/C30H50O2/c1-20(2)8-7-9-21(18-31)22-12-14-28(6)24-11-10-23-26(3,4)25(32)13-15-29(23)19-30(24,29)17-16-27(22,28)5/h8,21-25,31-32H,7,9-19H2,1-6H3. The maximum absolute atomic E-state index is 10.8. The topological polar surface area (TPSA) is 40.5 Å². The molecule has 5 aliphatic rings. The number of hydrogen-bond donors (Lipinski definition) is 2. The molecule has 5 rings (SSSR count). The Labute approximate surface area is 197 Å². The largest absolute Gasteiger partial charge is 0.396 e. The van der Waals surface area contributed by atoms with E-state index in [9.17, 15) is 10.2 Å². The van der Waals surface area contributed by atoms with Gasteiger partial charge in [0.25, 0.3) is 0 Å².